The Morgan fingerprint density at radius 1 is 1.05 bits per heavy atom. The summed E-state index contributed by atoms with van der Waals surface area (Å²) in [4.78, 5) is 31.1. The molecule has 0 fully saturated rings. The maximum atomic E-state index is 13.4. The summed E-state index contributed by atoms with van der Waals surface area (Å²) in [5, 5.41) is 11.6. The summed E-state index contributed by atoms with van der Waals surface area (Å²) in [6.07, 6.45) is 0.322. The number of nitrogens with zero attached hydrogens (tertiary/aromatic N) is 2. The number of hydrogen-bond acceptors (Lipinski definition) is 6. The van der Waals surface area contributed by atoms with Crippen LogP contribution in [0, 0.1) is 0 Å². The molecule has 0 aliphatic carbocycles. The van der Waals surface area contributed by atoms with E-state index >= 15 is 0 Å². The second-order valence-electron chi connectivity index (χ2n) is 9.30. The van der Waals surface area contributed by atoms with Crippen molar-refractivity contribution in [2.45, 2.75) is 44.7 Å². The van der Waals surface area contributed by atoms with E-state index in [1.165, 1.54) is 12.1 Å². The molecule has 4 N–H and O–H groups in total. The smallest absolute Gasteiger partial charge is 0.272 e. The number of carbonyl (C=O) groups excluding carboxylic acids is 2. The van der Waals surface area contributed by atoms with Crippen molar-refractivity contribution in [1.29, 1.82) is 0 Å². The molecule has 11 heteroatoms. The van der Waals surface area contributed by atoms with Gasteiger partial charge in [-0.1, -0.05) is 37.3 Å². The van der Waals surface area contributed by atoms with Crippen molar-refractivity contribution in [2.75, 3.05) is 5.32 Å². The number of aryl methyl sites for hydroxylation is 2. The average Bonchev–Trinajstić information content (AvgIpc) is 3.16. The van der Waals surface area contributed by atoms with Crippen molar-refractivity contribution in [2.24, 2.45) is 12.2 Å². The molecule has 0 aliphatic rings. The van der Waals surface area contributed by atoms with Crippen LogP contribution in [0.5, 0.6) is 5.75 Å². The molecule has 2 aromatic heterocycles. The number of anilines is 1. The van der Waals surface area contributed by atoms with Crippen LogP contribution in [0.4, 0.5) is 5.69 Å². The Morgan fingerprint density at radius 2 is 1.72 bits per heavy atom. The number of nitrogens with one attached hydrogen (secondary N) is 2. The van der Waals surface area contributed by atoms with E-state index < -0.39 is 15.9 Å². The lowest BCUT2D eigenvalue weighted by Crippen LogP contribution is -2.26. The zero-order valence-corrected chi connectivity index (χ0v) is 23.0. The van der Waals surface area contributed by atoms with Crippen molar-refractivity contribution < 1.29 is 22.7 Å². The molecule has 4 rings (SSSR count). The summed E-state index contributed by atoms with van der Waals surface area (Å²) >= 11 is 0. The molecule has 0 atom stereocenters. The van der Waals surface area contributed by atoms with Crippen molar-refractivity contribution in [1.82, 2.24) is 14.9 Å². The first-order chi connectivity index (χ1) is 18.5. The van der Waals surface area contributed by atoms with E-state index in [1.54, 1.807) is 54.1 Å². The molecule has 4 aromatic rings. The minimum Gasteiger partial charge on any atom is -0.488 e. The lowest BCUT2D eigenvalue weighted by atomic mass is 10.1. The zero-order valence-electron chi connectivity index (χ0n) is 22.2. The predicted octanol–water partition coefficient (Wildman–Crippen LogP) is 3.75. The molecule has 204 valence electrons. The maximum Gasteiger partial charge on any atom is 0.272 e. The largest absolute Gasteiger partial charge is 0.488 e. The van der Waals surface area contributed by atoms with Gasteiger partial charge in [0.05, 0.1) is 27.8 Å². The van der Waals surface area contributed by atoms with Crippen molar-refractivity contribution in [3.63, 3.8) is 0 Å². The van der Waals surface area contributed by atoms with E-state index in [4.69, 9.17) is 14.9 Å². The van der Waals surface area contributed by atoms with Crippen molar-refractivity contribution >= 4 is 38.6 Å². The van der Waals surface area contributed by atoms with Gasteiger partial charge in [0.25, 0.3) is 11.8 Å². The minimum absolute atomic E-state index is 0.00755. The number of sulfonamides is 1. The standard InChI is InChI=1S/C28H31N5O5S/c1-5-22-23(32-27(34)19-9-7-6-8-10-19)15-21-25(38-17(2)3)24(33(4)26(21)31-22)28(35)30-16-18-11-13-20(14-12-18)39(29,36)37/h6-15,17H,5,16H2,1-4H3,(H,30,35)(H,32,34)(H2,29,36,37). The number of nitrogens with two attached hydrogens (primary N) is 1. The quantitative estimate of drug-likeness (QED) is 0.290. The molecule has 0 unspecified atom stereocenters. The third kappa shape index (κ3) is 6.10. The van der Waals surface area contributed by atoms with Crippen LogP contribution in [0.15, 0.2) is 65.6 Å². The highest BCUT2D eigenvalue weighted by molar-refractivity contribution is 7.89. The Balaban J connectivity index is 1.69. The van der Waals surface area contributed by atoms with Gasteiger partial charge in [-0.15, -0.1) is 0 Å². The van der Waals surface area contributed by atoms with Crippen LogP contribution < -0.4 is 20.5 Å². The Morgan fingerprint density at radius 3 is 2.31 bits per heavy atom. The third-order valence-corrected chi connectivity index (χ3v) is 7.02. The first kappa shape index (κ1) is 27.8. The zero-order chi connectivity index (χ0) is 28.3. The molecule has 0 radical (unpaired) electrons. The second-order valence-corrected chi connectivity index (χ2v) is 10.9. The Hall–Kier alpha value is -4.22. The topological polar surface area (TPSA) is 145 Å². The molecule has 0 aliphatic heterocycles. The number of pyridine rings is 1. The minimum atomic E-state index is -3.80. The molecule has 2 aromatic carbocycles. The normalized spacial score (nSPS) is 11.5. The summed E-state index contributed by atoms with van der Waals surface area (Å²) in [6.45, 7) is 5.81. The van der Waals surface area contributed by atoms with Crippen LogP contribution in [-0.4, -0.2) is 35.9 Å². The van der Waals surface area contributed by atoms with Crippen LogP contribution in [-0.2, 0) is 30.0 Å². The van der Waals surface area contributed by atoms with Gasteiger partial charge in [0.2, 0.25) is 10.0 Å². The fourth-order valence-corrected chi connectivity index (χ4v) is 4.70. The molecule has 2 amide bonds. The molecule has 0 saturated heterocycles. The second kappa shape index (κ2) is 11.3. The van der Waals surface area contributed by atoms with Crippen LogP contribution in [0.2, 0.25) is 0 Å². The number of amides is 2. The van der Waals surface area contributed by atoms with Gasteiger partial charge in [-0.2, -0.15) is 0 Å². The van der Waals surface area contributed by atoms with Crippen LogP contribution in [0.25, 0.3) is 11.0 Å². The number of rotatable bonds is 9. The van der Waals surface area contributed by atoms with Gasteiger partial charge in [-0.05, 0) is 56.2 Å². The highest BCUT2D eigenvalue weighted by Gasteiger charge is 2.26. The maximum absolute atomic E-state index is 13.4. The van der Waals surface area contributed by atoms with Gasteiger partial charge < -0.3 is 19.9 Å². The van der Waals surface area contributed by atoms with E-state index in [0.29, 0.717) is 45.7 Å². The number of aromatic nitrogens is 2. The molecule has 10 nitrogen and oxygen atoms in total. The van der Waals surface area contributed by atoms with Gasteiger partial charge in [0.1, 0.15) is 5.65 Å². The van der Waals surface area contributed by atoms with E-state index in [9.17, 15) is 18.0 Å². The third-order valence-electron chi connectivity index (χ3n) is 6.09. The summed E-state index contributed by atoms with van der Waals surface area (Å²) in [5.41, 5.74) is 3.25. The molecule has 39 heavy (non-hydrogen) atoms. The Bertz CT molecular complexity index is 1630. The first-order valence-corrected chi connectivity index (χ1v) is 14.0. The number of ether oxygens (including phenoxy) is 1. The van der Waals surface area contributed by atoms with Gasteiger partial charge in [-0.3, -0.25) is 9.59 Å². The predicted molar refractivity (Wildman–Crippen MR) is 149 cm³/mol. The van der Waals surface area contributed by atoms with Crippen LogP contribution in [0.3, 0.4) is 0 Å². The number of primary sulfonamides is 1. The lowest BCUT2D eigenvalue weighted by Gasteiger charge is -2.13. The van der Waals surface area contributed by atoms with E-state index in [1.807, 2.05) is 26.8 Å². The van der Waals surface area contributed by atoms with Crippen LogP contribution >= 0.6 is 0 Å². The molecule has 0 saturated carbocycles. The van der Waals surface area contributed by atoms with Gasteiger partial charge in [-0.25, -0.2) is 18.5 Å². The van der Waals surface area contributed by atoms with Gasteiger partial charge in [0.15, 0.2) is 11.4 Å². The van der Waals surface area contributed by atoms with E-state index in [-0.39, 0.29) is 29.1 Å². The summed E-state index contributed by atoms with van der Waals surface area (Å²) < 4.78 is 30.8. The average molecular weight is 550 g/mol. The van der Waals surface area contributed by atoms with Crippen molar-refractivity contribution in [3.05, 3.63) is 83.2 Å². The summed E-state index contributed by atoms with van der Waals surface area (Å²) in [5.74, 6) is -0.301. The fourth-order valence-electron chi connectivity index (χ4n) is 4.18. The molecular formula is C28H31N5O5S. The molecule has 0 spiro atoms. The van der Waals surface area contributed by atoms with Crippen LogP contribution in [0.1, 0.15) is 52.9 Å². The van der Waals surface area contributed by atoms with Gasteiger partial charge >= 0.3 is 0 Å². The first-order valence-electron chi connectivity index (χ1n) is 12.4. The molecule has 2 heterocycles. The van der Waals surface area contributed by atoms with Gasteiger partial charge in [0, 0.05) is 19.2 Å². The van der Waals surface area contributed by atoms with E-state index in [0.717, 1.165) is 0 Å². The lowest BCUT2D eigenvalue weighted by molar-refractivity contribution is 0.0936. The summed E-state index contributed by atoms with van der Waals surface area (Å²) in [6, 6.07) is 16.6. The number of hydrogen-bond donors (Lipinski definition) is 3. The highest BCUT2D eigenvalue weighted by Crippen LogP contribution is 2.35. The number of benzene rings is 2. The number of fused-ring (bicyclic) bond motifs is 1. The number of carbonyl (C=O) groups is 2. The molecular weight excluding hydrogens is 518 g/mol. The SMILES string of the molecule is CCc1nc2c(cc1NC(=O)c1ccccc1)c(OC(C)C)c(C(=O)NCc1ccc(S(N)(=O)=O)cc1)n2C. The fraction of sp³-hybridized carbons (Fsp3) is 0.250. The Labute approximate surface area is 227 Å². The van der Waals surface area contributed by atoms with Crippen molar-refractivity contribution in [3.8, 4) is 5.75 Å². The Kier molecular flexibility index (Phi) is 8.03. The highest BCUT2D eigenvalue weighted by atomic mass is 32.2. The molecule has 0 bridgehead atoms. The van der Waals surface area contributed by atoms with E-state index in [2.05, 4.69) is 10.6 Å². The summed E-state index contributed by atoms with van der Waals surface area (Å²) in [7, 11) is -2.07. The monoisotopic (exact) mass is 549 g/mol.